The molecule has 0 spiro atoms. The fourth-order valence-corrected chi connectivity index (χ4v) is 5.82. The molecule has 1 aliphatic heterocycles. The number of sulfonamides is 2. The lowest BCUT2D eigenvalue weighted by molar-refractivity contribution is -0.119. The number of rotatable bonds is 7. The Kier molecular flexibility index (Phi) is 7.71. The zero-order chi connectivity index (χ0) is 23.4. The molecule has 1 amide bonds. The van der Waals surface area contributed by atoms with Gasteiger partial charge in [-0.15, -0.1) is 0 Å². The highest BCUT2D eigenvalue weighted by Crippen LogP contribution is 2.25. The Bertz CT molecular complexity index is 1130. The van der Waals surface area contributed by atoms with Crippen LogP contribution in [-0.4, -0.2) is 57.7 Å². The molecule has 0 aromatic heterocycles. The Labute approximate surface area is 190 Å². The van der Waals surface area contributed by atoms with Gasteiger partial charge in [0.1, 0.15) is 6.04 Å². The summed E-state index contributed by atoms with van der Waals surface area (Å²) in [7, 11) is -5.88. The number of anilines is 1. The van der Waals surface area contributed by atoms with E-state index in [-0.39, 0.29) is 4.90 Å². The first-order valence-corrected chi connectivity index (χ1v) is 13.8. The van der Waals surface area contributed by atoms with Gasteiger partial charge < -0.3 is 5.32 Å². The molecular weight excluding hydrogens is 450 g/mol. The van der Waals surface area contributed by atoms with Crippen molar-refractivity contribution in [1.29, 1.82) is 0 Å². The van der Waals surface area contributed by atoms with E-state index in [1.807, 2.05) is 0 Å². The highest BCUT2D eigenvalue weighted by molar-refractivity contribution is 7.89. The molecule has 1 N–H and O–H groups in total. The molecule has 2 aromatic rings. The molecule has 2 aromatic carbocycles. The van der Waals surface area contributed by atoms with Crippen LogP contribution in [0.25, 0.3) is 0 Å². The Morgan fingerprint density at radius 1 is 0.906 bits per heavy atom. The first-order valence-electron chi connectivity index (χ1n) is 10.5. The number of hydrogen-bond acceptors (Lipinski definition) is 5. The fraction of sp³-hybridized carbons (Fsp3) is 0.409. The monoisotopic (exact) mass is 479 g/mol. The number of benzene rings is 2. The average molecular weight is 480 g/mol. The first kappa shape index (κ1) is 24.4. The van der Waals surface area contributed by atoms with Crippen LogP contribution in [0.3, 0.4) is 0 Å². The summed E-state index contributed by atoms with van der Waals surface area (Å²) in [4.78, 5) is 13.2. The molecule has 8 nitrogen and oxygen atoms in total. The van der Waals surface area contributed by atoms with Crippen molar-refractivity contribution in [2.75, 3.05) is 31.7 Å². The fourth-order valence-electron chi connectivity index (χ4n) is 3.71. The minimum Gasteiger partial charge on any atom is -0.324 e. The maximum absolute atomic E-state index is 13.0. The number of nitrogens with zero attached hydrogens (tertiary/aromatic N) is 2. The van der Waals surface area contributed by atoms with E-state index in [2.05, 4.69) is 5.32 Å². The molecule has 1 heterocycles. The van der Waals surface area contributed by atoms with Gasteiger partial charge in [-0.25, -0.2) is 16.8 Å². The van der Waals surface area contributed by atoms with Gasteiger partial charge in [0.25, 0.3) is 0 Å². The van der Waals surface area contributed by atoms with Crippen molar-refractivity contribution < 1.29 is 21.6 Å². The molecule has 0 bridgehead atoms. The molecule has 1 fully saturated rings. The summed E-state index contributed by atoms with van der Waals surface area (Å²) in [5.74, 6) is -0.535. The predicted molar refractivity (Wildman–Crippen MR) is 124 cm³/mol. The Hall–Kier alpha value is -2.27. The quantitative estimate of drug-likeness (QED) is 0.658. The van der Waals surface area contributed by atoms with Crippen LogP contribution in [0.4, 0.5) is 5.69 Å². The highest BCUT2D eigenvalue weighted by Gasteiger charge is 2.31. The number of nitrogens with one attached hydrogen (secondary N) is 1. The second kappa shape index (κ2) is 10.1. The van der Waals surface area contributed by atoms with E-state index in [4.69, 9.17) is 0 Å². The maximum Gasteiger partial charge on any atom is 0.247 e. The van der Waals surface area contributed by atoms with Gasteiger partial charge in [-0.3, -0.25) is 4.79 Å². The van der Waals surface area contributed by atoms with Crippen molar-refractivity contribution in [1.82, 2.24) is 8.61 Å². The first-order chi connectivity index (χ1) is 15.1. The highest BCUT2D eigenvalue weighted by atomic mass is 32.2. The van der Waals surface area contributed by atoms with Crippen molar-refractivity contribution in [3.05, 3.63) is 60.2 Å². The smallest absolute Gasteiger partial charge is 0.247 e. The van der Waals surface area contributed by atoms with Gasteiger partial charge in [-0.1, -0.05) is 43.2 Å². The van der Waals surface area contributed by atoms with Crippen molar-refractivity contribution in [3.8, 4) is 0 Å². The molecule has 1 atom stereocenters. The number of hydrogen-bond donors (Lipinski definition) is 1. The molecule has 3 rings (SSSR count). The van der Waals surface area contributed by atoms with Crippen molar-refractivity contribution in [2.45, 2.75) is 36.6 Å². The second-order valence-corrected chi connectivity index (χ2v) is 11.9. The van der Waals surface area contributed by atoms with E-state index < -0.39 is 32.0 Å². The average Bonchev–Trinajstić information content (AvgIpc) is 3.04. The molecule has 32 heavy (non-hydrogen) atoms. The van der Waals surface area contributed by atoms with Crippen LogP contribution < -0.4 is 5.32 Å². The normalized spacial score (nSPS) is 17.0. The van der Waals surface area contributed by atoms with E-state index in [1.54, 1.807) is 30.3 Å². The van der Waals surface area contributed by atoms with Gasteiger partial charge in [-0.05, 0) is 42.7 Å². The van der Waals surface area contributed by atoms with Crippen molar-refractivity contribution >= 4 is 31.6 Å². The van der Waals surface area contributed by atoms with Gasteiger partial charge in [0.2, 0.25) is 26.0 Å². The minimum absolute atomic E-state index is 0.172. The summed E-state index contributed by atoms with van der Waals surface area (Å²) in [5.41, 5.74) is 0.908. The van der Waals surface area contributed by atoms with Crippen LogP contribution in [0.5, 0.6) is 0 Å². The van der Waals surface area contributed by atoms with Crippen LogP contribution in [0.2, 0.25) is 0 Å². The lowest BCUT2D eigenvalue weighted by Crippen LogP contribution is -2.38. The minimum atomic E-state index is -3.64. The van der Waals surface area contributed by atoms with E-state index in [9.17, 15) is 21.6 Å². The summed E-state index contributed by atoms with van der Waals surface area (Å²) in [6, 6.07) is 13.5. The Morgan fingerprint density at radius 2 is 1.47 bits per heavy atom. The molecule has 10 heteroatoms. The van der Waals surface area contributed by atoms with E-state index >= 15 is 0 Å². The Morgan fingerprint density at radius 3 is 2.00 bits per heavy atom. The topological polar surface area (TPSA) is 104 Å². The van der Waals surface area contributed by atoms with Crippen molar-refractivity contribution in [2.24, 2.45) is 0 Å². The molecule has 0 radical (unpaired) electrons. The third-order valence-corrected chi connectivity index (χ3v) is 8.74. The van der Waals surface area contributed by atoms with Gasteiger partial charge in [0.15, 0.2) is 0 Å². The summed E-state index contributed by atoms with van der Waals surface area (Å²) in [5, 5.41) is 2.71. The molecular formula is C22H29N3O5S2. The van der Waals surface area contributed by atoms with Crippen LogP contribution >= 0.6 is 0 Å². The van der Waals surface area contributed by atoms with E-state index in [0.29, 0.717) is 24.3 Å². The standard InChI is InChI=1S/C22H29N3O5S2/c1-24(31(2,27)28)21(18-10-6-5-7-11-18)22(26)23-19-12-14-20(15-13-19)32(29,30)25-16-8-3-4-9-17-25/h5-7,10-15,21H,3-4,8-9,16-17H2,1-2H3,(H,23,26)/t21-/m1/s1. The summed E-state index contributed by atoms with van der Waals surface area (Å²) < 4.78 is 52.6. The number of likely N-dealkylation sites (N-methyl/N-ethyl adjacent to an activating group) is 1. The number of carbonyl (C=O) groups excluding carboxylic acids is 1. The van der Waals surface area contributed by atoms with Gasteiger partial charge in [0.05, 0.1) is 11.2 Å². The van der Waals surface area contributed by atoms with E-state index in [0.717, 1.165) is 36.2 Å². The van der Waals surface area contributed by atoms with Crippen LogP contribution in [0, 0.1) is 0 Å². The second-order valence-electron chi connectivity index (χ2n) is 7.92. The number of carbonyl (C=O) groups is 1. The molecule has 1 aliphatic rings. The van der Waals surface area contributed by atoms with Crippen LogP contribution in [-0.2, 0) is 24.8 Å². The lowest BCUT2D eigenvalue weighted by Gasteiger charge is -2.25. The molecule has 174 valence electrons. The van der Waals surface area contributed by atoms with Crippen LogP contribution in [0.1, 0.15) is 37.3 Å². The zero-order valence-corrected chi connectivity index (χ0v) is 19.9. The molecule has 0 saturated carbocycles. The Balaban J connectivity index is 1.80. The molecule has 0 unspecified atom stereocenters. The zero-order valence-electron chi connectivity index (χ0n) is 18.3. The number of amides is 1. The predicted octanol–water partition coefficient (Wildman–Crippen LogP) is 2.82. The summed E-state index contributed by atoms with van der Waals surface area (Å²) in [6.45, 7) is 1.02. The lowest BCUT2D eigenvalue weighted by atomic mass is 10.1. The third kappa shape index (κ3) is 5.74. The molecule has 1 saturated heterocycles. The van der Waals surface area contributed by atoms with Gasteiger partial charge in [-0.2, -0.15) is 8.61 Å². The molecule has 0 aliphatic carbocycles. The van der Waals surface area contributed by atoms with Gasteiger partial charge in [0, 0.05) is 25.8 Å². The van der Waals surface area contributed by atoms with Gasteiger partial charge >= 0.3 is 0 Å². The maximum atomic E-state index is 13.0. The van der Waals surface area contributed by atoms with Crippen molar-refractivity contribution in [3.63, 3.8) is 0 Å². The summed E-state index contributed by atoms with van der Waals surface area (Å²) in [6.07, 6.45) is 4.80. The summed E-state index contributed by atoms with van der Waals surface area (Å²) >= 11 is 0. The largest absolute Gasteiger partial charge is 0.324 e. The SMILES string of the molecule is CN([C@@H](C(=O)Nc1ccc(S(=O)(=O)N2CCCCCC2)cc1)c1ccccc1)S(C)(=O)=O. The van der Waals surface area contributed by atoms with Crippen LogP contribution in [0.15, 0.2) is 59.5 Å². The third-order valence-electron chi connectivity index (χ3n) is 5.58. The van der Waals surface area contributed by atoms with E-state index in [1.165, 1.54) is 35.6 Å².